The maximum Gasteiger partial charge on any atom is 0.318 e. The molecule has 7 nitrogen and oxygen atoms in total. The van der Waals surface area contributed by atoms with Crippen molar-refractivity contribution < 1.29 is 9.59 Å². The van der Waals surface area contributed by atoms with Crippen molar-refractivity contribution >= 4 is 40.1 Å². The minimum Gasteiger partial charge on any atom is -0.334 e. The zero-order chi connectivity index (χ0) is 19.5. The summed E-state index contributed by atoms with van der Waals surface area (Å²) in [5.41, 5.74) is 2.54. The first-order valence-electron chi connectivity index (χ1n) is 9.13. The van der Waals surface area contributed by atoms with Crippen molar-refractivity contribution in [3.8, 4) is 0 Å². The van der Waals surface area contributed by atoms with Crippen molar-refractivity contribution in [1.29, 1.82) is 0 Å². The van der Waals surface area contributed by atoms with Gasteiger partial charge in [0.15, 0.2) is 0 Å². The van der Waals surface area contributed by atoms with Crippen molar-refractivity contribution in [2.24, 2.45) is 0 Å². The molecule has 2 heterocycles. The molecule has 1 saturated heterocycles. The lowest BCUT2D eigenvalue weighted by molar-refractivity contribution is -0.119. The van der Waals surface area contributed by atoms with Crippen LogP contribution >= 0.6 is 11.6 Å². The monoisotopic (exact) mass is 397 g/mol. The number of likely N-dealkylation sites (tertiary alicyclic amines) is 1. The van der Waals surface area contributed by atoms with Crippen LogP contribution in [0.25, 0.3) is 10.9 Å². The van der Waals surface area contributed by atoms with Gasteiger partial charge < -0.3 is 15.5 Å². The van der Waals surface area contributed by atoms with Gasteiger partial charge in [-0.05, 0) is 48.7 Å². The van der Waals surface area contributed by atoms with Crippen molar-refractivity contribution in [3.63, 3.8) is 0 Å². The van der Waals surface area contributed by atoms with Crippen LogP contribution in [-0.2, 0) is 11.3 Å². The average Bonchev–Trinajstić information content (AvgIpc) is 3.36. The molecule has 0 bridgehead atoms. The molecule has 1 aliphatic heterocycles. The summed E-state index contributed by atoms with van der Waals surface area (Å²) in [4.78, 5) is 26.9. The van der Waals surface area contributed by atoms with Crippen LogP contribution in [0, 0.1) is 0 Å². The highest BCUT2D eigenvalue weighted by atomic mass is 35.5. The van der Waals surface area contributed by atoms with Gasteiger partial charge in [-0.15, -0.1) is 0 Å². The second kappa shape index (κ2) is 7.90. The smallest absolute Gasteiger partial charge is 0.318 e. The molecule has 3 aromatic rings. The Morgan fingerprint density at radius 2 is 2.04 bits per heavy atom. The van der Waals surface area contributed by atoms with Crippen LogP contribution in [0.4, 0.5) is 10.5 Å². The number of aromatic nitrogens is 2. The lowest BCUT2D eigenvalue weighted by Crippen LogP contribution is -2.47. The van der Waals surface area contributed by atoms with E-state index in [1.165, 1.54) is 0 Å². The van der Waals surface area contributed by atoms with Gasteiger partial charge >= 0.3 is 6.03 Å². The van der Waals surface area contributed by atoms with Crippen molar-refractivity contribution in [2.75, 3.05) is 11.9 Å². The van der Waals surface area contributed by atoms with E-state index in [0.29, 0.717) is 30.2 Å². The van der Waals surface area contributed by atoms with E-state index in [0.717, 1.165) is 22.9 Å². The Morgan fingerprint density at radius 3 is 2.86 bits per heavy atom. The Bertz CT molecular complexity index is 1000. The lowest BCUT2D eigenvalue weighted by atomic mass is 10.2. The maximum atomic E-state index is 12.7. The van der Waals surface area contributed by atoms with Crippen LogP contribution in [0.3, 0.4) is 0 Å². The van der Waals surface area contributed by atoms with Crippen LogP contribution in [0.2, 0.25) is 5.02 Å². The number of rotatable bonds is 4. The van der Waals surface area contributed by atoms with Crippen molar-refractivity contribution in [3.05, 3.63) is 59.2 Å². The third kappa shape index (κ3) is 3.94. The van der Waals surface area contributed by atoms with Crippen LogP contribution in [0.15, 0.2) is 48.7 Å². The molecule has 0 saturated carbocycles. The second-order valence-electron chi connectivity index (χ2n) is 6.80. The molecule has 1 atom stereocenters. The number of fused-ring (bicyclic) bond motifs is 1. The van der Waals surface area contributed by atoms with E-state index in [1.54, 1.807) is 23.2 Å². The summed E-state index contributed by atoms with van der Waals surface area (Å²) in [6, 6.07) is 12.1. The summed E-state index contributed by atoms with van der Waals surface area (Å²) in [5.74, 6) is -0.179. The van der Waals surface area contributed by atoms with E-state index in [-0.39, 0.29) is 11.9 Å². The summed E-state index contributed by atoms with van der Waals surface area (Å²) in [6.45, 7) is 0.948. The summed E-state index contributed by atoms with van der Waals surface area (Å²) in [5, 5.41) is 14.2. The summed E-state index contributed by atoms with van der Waals surface area (Å²) in [6.07, 6.45) is 3.15. The number of nitrogens with one attached hydrogen (secondary N) is 3. The molecule has 0 spiro atoms. The maximum absolute atomic E-state index is 12.7. The molecule has 1 aliphatic rings. The highest BCUT2D eigenvalue weighted by Gasteiger charge is 2.34. The highest BCUT2D eigenvalue weighted by Crippen LogP contribution is 2.21. The van der Waals surface area contributed by atoms with Gasteiger partial charge in [-0.3, -0.25) is 9.89 Å². The molecular weight excluding hydrogens is 378 g/mol. The lowest BCUT2D eigenvalue weighted by Gasteiger charge is -2.24. The number of H-pyrrole nitrogens is 1. The zero-order valence-electron chi connectivity index (χ0n) is 15.1. The molecule has 3 N–H and O–H groups in total. The van der Waals surface area contributed by atoms with E-state index in [2.05, 4.69) is 20.8 Å². The summed E-state index contributed by atoms with van der Waals surface area (Å²) >= 11 is 5.88. The van der Waals surface area contributed by atoms with Gasteiger partial charge in [0, 0.05) is 29.2 Å². The molecule has 28 heavy (non-hydrogen) atoms. The molecule has 1 unspecified atom stereocenters. The zero-order valence-corrected chi connectivity index (χ0v) is 15.9. The standard InChI is InChI=1S/C20H20ClN5O2/c21-15-5-3-13(4-6-15)11-22-20(28)26-9-1-2-18(26)19(27)24-16-7-8-17-14(10-16)12-23-25-17/h3-8,10,12,18H,1-2,9,11H2,(H,22,28)(H,23,25)(H,24,27). The van der Waals surface area contributed by atoms with E-state index < -0.39 is 6.04 Å². The number of hydrogen-bond acceptors (Lipinski definition) is 3. The van der Waals surface area contributed by atoms with E-state index in [1.807, 2.05) is 30.3 Å². The first-order valence-corrected chi connectivity index (χ1v) is 9.51. The summed E-state index contributed by atoms with van der Waals surface area (Å²) in [7, 11) is 0. The third-order valence-corrected chi connectivity index (χ3v) is 5.13. The van der Waals surface area contributed by atoms with Gasteiger partial charge in [-0.25, -0.2) is 4.79 Å². The number of carbonyl (C=O) groups is 2. The molecule has 144 valence electrons. The molecular formula is C20H20ClN5O2. The third-order valence-electron chi connectivity index (χ3n) is 4.88. The summed E-state index contributed by atoms with van der Waals surface area (Å²) < 4.78 is 0. The fourth-order valence-electron chi connectivity index (χ4n) is 3.41. The van der Waals surface area contributed by atoms with Crippen molar-refractivity contribution in [2.45, 2.75) is 25.4 Å². The largest absolute Gasteiger partial charge is 0.334 e. The van der Waals surface area contributed by atoms with E-state index >= 15 is 0 Å². The van der Waals surface area contributed by atoms with Gasteiger partial charge in [0.2, 0.25) is 5.91 Å². The minimum atomic E-state index is -0.481. The Hall–Kier alpha value is -3.06. The normalized spacial score (nSPS) is 16.3. The quantitative estimate of drug-likeness (QED) is 0.629. The van der Waals surface area contributed by atoms with Crippen LogP contribution in [0.1, 0.15) is 18.4 Å². The van der Waals surface area contributed by atoms with Gasteiger partial charge in [0.25, 0.3) is 0 Å². The van der Waals surface area contributed by atoms with Crippen LogP contribution in [-0.4, -0.2) is 39.6 Å². The van der Waals surface area contributed by atoms with Crippen LogP contribution in [0.5, 0.6) is 0 Å². The molecule has 1 aromatic heterocycles. The molecule has 8 heteroatoms. The minimum absolute atomic E-state index is 0.179. The van der Waals surface area contributed by atoms with Gasteiger partial charge in [-0.1, -0.05) is 23.7 Å². The van der Waals surface area contributed by atoms with Gasteiger partial charge in [0.1, 0.15) is 6.04 Å². The Morgan fingerprint density at radius 1 is 1.21 bits per heavy atom. The van der Waals surface area contributed by atoms with Crippen molar-refractivity contribution in [1.82, 2.24) is 20.4 Å². The second-order valence-corrected chi connectivity index (χ2v) is 7.23. The predicted molar refractivity (Wildman–Crippen MR) is 108 cm³/mol. The molecule has 2 aromatic carbocycles. The number of aromatic amines is 1. The Kier molecular flexibility index (Phi) is 5.16. The highest BCUT2D eigenvalue weighted by molar-refractivity contribution is 6.30. The van der Waals surface area contributed by atoms with Gasteiger partial charge in [-0.2, -0.15) is 5.10 Å². The number of amides is 3. The number of urea groups is 1. The first-order chi connectivity index (χ1) is 13.6. The fraction of sp³-hybridized carbons (Fsp3) is 0.250. The average molecular weight is 398 g/mol. The molecule has 4 rings (SSSR count). The van der Waals surface area contributed by atoms with E-state index in [4.69, 9.17) is 11.6 Å². The Balaban J connectivity index is 1.38. The van der Waals surface area contributed by atoms with E-state index in [9.17, 15) is 9.59 Å². The number of carbonyl (C=O) groups excluding carboxylic acids is 2. The number of hydrogen-bond donors (Lipinski definition) is 3. The first kappa shape index (κ1) is 18.3. The SMILES string of the molecule is O=C(Nc1ccc2[nH]ncc2c1)C1CCCN1C(=O)NCc1ccc(Cl)cc1. The topological polar surface area (TPSA) is 90.1 Å². The Labute approximate surface area is 167 Å². The molecule has 0 aliphatic carbocycles. The number of benzene rings is 2. The fourth-order valence-corrected chi connectivity index (χ4v) is 3.54. The molecule has 0 radical (unpaired) electrons. The number of halogens is 1. The number of anilines is 1. The molecule has 3 amide bonds. The number of nitrogens with zero attached hydrogens (tertiary/aromatic N) is 2. The van der Waals surface area contributed by atoms with Crippen LogP contribution < -0.4 is 10.6 Å². The van der Waals surface area contributed by atoms with Gasteiger partial charge in [0.05, 0.1) is 11.7 Å². The molecule has 1 fully saturated rings. The predicted octanol–water partition coefficient (Wildman–Crippen LogP) is 3.53.